The Balaban J connectivity index is 1.46. The predicted octanol–water partition coefficient (Wildman–Crippen LogP) is 6.54. The quantitative estimate of drug-likeness (QED) is 0.404. The van der Waals surface area contributed by atoms with Crippen molar-refractivity contribution in [1.82, 2.24) is 5.32 Å². The molecule has 0 atom stereocenters. The number of fused-ring (bicyclic) bond motifs is 1. The Morgan fingerprint density at radius 2 is 1.71 bits per heavy atom. The van der Waals surface area contributed by atoms with Gasteiger partial charge in [0, 0.05) is 16.8 Å². The van der Waals surface area contributed by atoms with E-state index >= 15 is 0 Å². The predicted molar refractivity (Wildman–Crippen MR) is 131 cm³/mol. The number of para-hydroxylation sites is 1. The zero-order chi connectivity index (χ0) is 21.9. The van der Waals surface area contributed by atoms with Crippen molar-refractivity contribution in [1.29, 1.82) is 0 Å². The summed E-state index contributed by atoms with van der Waals surface area (Å²) < 4.78 is 30.3. The molecule has 2 aromatic carbocycles. The second-order valence-corrected chi connectivity index (χ2v) is 12.3. The molecule has 4 nitrogen and oxygen atoms in total. The van der Waals surface area contributed by atoms with Gasteiger partial charge in [-0.15, -0.1) is 11.3 Å². The van der Waals surface area contributed by atoms with E-state index in [4.69, 9.17) is 0 Å². The Labute approximate surface area is 190 Å². The second kappa shape index (κ2) is 9.31. The molecule has 1 aliphatic rings. The van der Waals surface area contributed by atoms with Gasteiger partial charge in [0.1, 0.15) is 4.21 Å². The normalized spacial score (nSPS) is 15.9. The van der Waals surface area contributed by atoms with Crippen LogP contribution in [0, 0.1) is 5.92 Å². The van der Waals surface area contributed by atoms with E-state index in [1.807, 2.05) is 48.5 Å². The number of nitrogens with one attached hydrogen (secondary N) is 2. The van der Waals surface area contributed by atoms with Crippen LogP contribution in [0.25, 0.3) is 10.1 Å². The largest absolute Gasteiger partial charge is 0.308 e. The minimum atomic E-state index is -3.63. The molecule has 0 spiro atoms. The molecule has 0 radical (unpaired) electrons. The van der Waals surface area contributed by atoms with Gasteiger partial charge in [-0.05, 0) is 55.3 Å². The lowest BCUT2D eigenvalue weighted by Gasteiger charge is -2.33. The summed E-state index contributed by atoms with van der Waals surface area (Å²) in [7, 11) is -3.63. The maximum absolute atomic E-state index is 13.1. The Hall–Kier alpha value is -1.89. The van der Waals surface area contributed by atoms with Crippen molar-refractivity contribution in [2.75, 3.05) is 4.72 Å². The highest BCUT2D eigenvalue weighted by Gasteiger charge is 2.25. The summed E-state index contributed by atoms with van der Waals surface area (Å²) >= 11 is 1.30. The fourth-order valence-electron chi connectivity index (χ4n) is 4.58. The number of hydrogen-bond acceptors (Lipinski definition) is 4. The summed E-state index contributed by atoms with van der Waals surface area (Å²) in [6.45, 7) is 5.14. The van der Waals surface area contributed by atoms with Gasteiger partial charge in [-0.2, -0.15) is 0 Å². The molecule has 3 aromatic rings. The van der Waals surface area contributed by atoms with Crippen molar-refractivity contribution < 1.29 is 8.42 Å². The molecule has 0 amide bonds. The highest BCUT2D eigenvalue weighted by Crippen LogP contribution is 2.32. The van der Waals surface area contributed by atoms with E-state index in [9.17, 15) is 8.42 Å². The molecule has 31 heavy (non-hydrogen) atoms. The van der Waals surface area contributed by atoms with Crippen LogP contribution in [0.2, 0.25) is 0 Å². The molecule has 1 saturated carbocycles. The molecule has 1 aromatic heterocycles. The first-order valence-electron chi connectivity index (χ1n) is 11.2. The maximum Gasteiger partial charge on any atom is 0.271 e. The Morgan fingerprint density at radius 1 is 1.00 bits per heavy atom. The van der Waals surface area contributed by atoms with Crippen LogP contribution in [0.15, 0.2) is 58.8 Å². The van der Waals surface area contributed by atoms with Gasteiger partial charge in [0.15, 0.2) is 0 Å². The molecule has 1 heterocycles. The smallest absolute Gasteiger partial charge is 0.271 e. The monoisotopic (exact) mass is 456 g/mol. The van der Waals surface area contributed by atoms with Gasteiger partial charge in [-0.1, -0.05) is 68.5 Å². The SMILES string of the molecule is CC(C)(CC1CCCCC1)NCc1ccccc1NS(=O)(=O)c1cc2ccccc2s1. The van der Waals surface area contributed by atoms with Crippen LogP contribution in [0.4, 0.5) is 5.69 Å². The lowest BCUT2D eigenvalue weighted by Crippen LogP contribution is -2.41. The van der Waals surface area contributed by atoms with Crippen LogP contribution in [-0.4, -0.2) is 14.0 Å². The summed E-state index contributed by atoms with van der Waals surface area (Å²) in [5.74, 6) is 0.790. The lowest BCUT2D eigenvalue weighted by atomic mass is 9.81. The fraction of sp³-hybridized carbons (Fsp3) is 0.440. The number of rotatable bonds is 8. The van der Waals surface area contributed by atoms with Crippen LogP contribution in [-0.2, 0) is 16.6 Å². The van der Waals surface area contributed by atoms with E-state index in [1.54, 1.807) is 6.07 Å². The van der Waals surface area contributed by atoms with E-state index in [0.29, 0.717) is 16.4 Å². The van der Waals surface area contributed by atoms with Gasteiger partial charge in [0.2, 0.25) is 0 Å². The summed E-state index contributed by atoms with van der Waals surface area (Å²) in [4.78, 5) is 0. The first kappa shape index (κ1) is 22.3. The van der Waals surface area contributed by atoms with E-state index in [-0.39, 0.29) is 5.54 Å². The van der Waals surface area contributed by atoms with Gasteiger partial charge in [-0.3, -0.25) is 4.72 Å². The molecule has 2 N–H and O–H groups in total. The van der Waals surface area contributed by atoms with E-state index in [2.05, 4.69) is 23.9 Å². The topological polar surface area (TPSA) is 58.2 Å². The Bertz CT molecular complexity index is 1100. The number of thiophene rings is 1. The molecular weight excluding hydrogens is 424 g/mol. The number of hydrogen-bond donors (Lipinski definition) is 2. The maximum atomic E-state index is 13.1. The first-order valence-corrected chi connectivity index (χ1v) is 13.5. The van der Waals surface area contributed by atoms with Crippen molar-refractivity contribution >= 4 is 37.1 Å². The Morgan fingerprint density at radius 3 is 2.48 bits per heavy atom. The fourth-order valence-corrected chi connectivity index (χ4v) is 7.08. The van der Waals surface area contributed by atoms with Crippen LogP contribution in [0.5, 0.6) is 0 Å². The molecule has 1 fully saturated rings. The van der Waals surface area contributed by atoms with Gasteiger partial charge in [-0.25, -0.2) is 8.42 Å². The van der Waals surface area contributed by atoms with Crippen LogP contribution < -0.4 is 10.0 Å². The van der Waals surface area contributed by atoms with E-state index in [0.717, 1.165) is 28.0 Å². The summed E-state index contributed by atoms with van der Waals surface area (Å²) in [6, 6.07) is 17.2. The average Bonchev–Trinajstić information content (AvgIpc) is 3.19. The lowest BCUT2D eigenvalue weighted by molar-refractivity contribution is 0.245. The molecular formula is C25H32N2O2S2. The minimum Gasteiger partial charge on any atom is -0.308 e. The van der Waals surface area contributed by atoms with E-state index in [1.165, 1.54) is 43.4 Å². The van der Waals surface area contributed by atoms with Crippen LogP contribution in [0.1, 0.15) is 57.9 Å². The van der Waals surface area contributed by atoms with Crippen molar-refractivity contribution in [3.63, 3.8) is 0 Å². The number of anilines is 1. The molecule has 0 aliphatic heterocycles. The van der Waals surface area contributed by atoms with Crippen molar-refractivity contribution in [2.45, 2.75) is 68.7 Å². The summed E-state index contributed by atoms with van der Waals surface area (Å²) in [5, 5.41) is 4.63. The zero-order valence-corrected chi connectivity index (χ0v) is 20.0. The molecule has 1 aliphatic carbocycles. The van der Waals surface area contributed by atoms with Crippen LogP contribution in [0.3, 0.4) is 0 Å². The van der Waals surface area contributed by atoms with E-state index < -0.39 is 10.0 Å². The zero-order valence-electron chi connectivity index (χ0n) is 18.4. The molecule has 0 unspecified atom stereocenters. The van der Waals surface area contributed by atoms with Crippen molar-refractivity contribution in [3.8, 4) is 0 Å². The van der Waals surface area contributed by atoms with Gasteiger partial charge in [0.05, 0.1) is 5.69 Å². The summed E-state index contributed by atoms with van der Waals surface area (Å²) in [6.07, 6.45) is 7.89. The third kappa shape index (κ3) is 5.68. The molecule has 6 heteroatoms. The van der Waals surface area contributed by atoms with Gasteiger partial charge in [0.25, 0.3) is 10.0 Å². The summed E-state index contributed by atoms with van der Waals surface area (Å²) in [5.41, 5.74) is 1.62. The highest BCUT2D eigenvalue weighted by atomic mass is 32.2. The van der Waals surface area contributed by atoms with Crippen molar-refractivity contribution in [3.05, 3.63) is 60.2 Å². The molecule has 4 rings (SSSR count). The van der Waals surface area contributed by atoms with Crippen molar-refractivity contribution in [2.24, 2.45) is 5.92 Å². The third-order valence-electron chi connectivity index (χ3n) is 6.21. The molecule has 0 bridgehead atoms. The number of benzene rings is 2. The third-order valence-corrected chi connectivity index (χ3v) is 9.17. The van der Waals surface area contributed by atoms with Gasteiger partial charge >= 0.3 is 0 Å². The number of sulfonamides is 1. The molecule has 166 valence electrons. The highest BCUT2D eigenvalue weighted by molar-refractivity contribution is 7.94. The Kier molecular flexibility index (Phi) is 6.70. The van der Waals surface area contributed by atoms with Gasteiger partial charge < -0.3 is 5.32 Å². The second-order valence-electron chi connectivity index (χ2n) is 9.31. The molecule has 0 saturated heterocycles. The standard InChI is InChI=1S/C25H32N2O2S2/c1-25(2,17-19-10-4-3-5-11-19)26-18-21-13-6-8-14-22(21)27-31(28,29)24-16-20-12-7-9-15-23(20)30-24/h6-9,12-16,19,26-27H,3-5,10-11,17-18H2,1-2H3. The first-order chi connectivity index (χ1) is 14.8. The minimum absolute atomic E-state index is 0.0134. The average molecular weight is 457 g/mol. The van der Waals surface area contributed by atoms with Crippen LogP contribution >= 0.6 is 11.3 Å².